The summed E-state index contributed by atoms with van der Waals surface area (Å²) in [6.45, 7) is 6.73. The molecule has 112 valence electrons. The summed E-state index contributed by atoms with van der Waals surface area (Å²) in [6, 6.07) is 9.73. The number of nitrogens with zero attached hydrogens (tertiary/aromatic N) is 2. The van der Waals surface area contributed by atoms with Crippen molar-refractivity contribution in [2.75, 3.05) is 6.61 Å². The van der Waals surface area contributed by atoms with Crippen molar-refractivity contribution in [1.29, 1.82) is 0 Å². The fourth-order valence-corrected chi connectivity index (χ4v) is 2.33. The molecule has 1 unspecified atom stereocenters. The average Bonchev–Trinajstić information content (AvgIpc) is 2.82. The van der Waals surface area contributed by atoms with Gasteiger partial charge >= 0.3 is 0 Å². The maximum atomic E-state index is 11.3. The van der Waals surface area contributed by atoms with Crippen LogP contribution in [0, 0.1) is 12.8 Å². The maximum Gasteiger partial charge on any atom is 0.227 e. The van der Waals surface area contributed by atoms with Gasteiger partial charge < -0.3 is 4.74 Å². The van der Waals surface area contributed by atoms with Crippen LogP contribution in [-0.2, 0) is 0 Å². The number of carbonyl (C=O) groups is 1. The zero-order valence-corrected chi connectivity index (χ0v) is 12.9. The maximum absolute atomic E-state index is 11.3. The summed E-state index contributed by atoms with van der Waals surface area (Å²) < 4.78 is 7.62. The predicted molar refractivity (Wildman–Crippen MR) is 83.3 cm³/mol. The molecule has 4 nitrogen and oxygen atoms in total. The van der Waals surface area contributed by atoms with Crippen LogP contribution < -0.4 is 4.74 Å². The van der Waals surface area contributed by atoms with Crippen LogP contribution in [0.4, 0.5) is 0 Å². The Balaban J connectivity index is 2.31. The second kappa shape index (κ2) is 7.07. The first kappa shape index (κ1) is 15.3. The monoisotopic (exact) mass is 286 g/mol. The summed E-state index contributed by atoms with van der Waals surface area (Å²) in [6.07, 6.45) is 3.05. The van der Waals surface area contributed by atoms with Gasteiger partial charge in [0.2, 0.25) is 5.88 Å². The van der Waals surface area contributed by atoms with Crippen LogP contribution in [0.3, 0.4) is 0 Å². The summed E-state index contributed by atoms with van der Waals surface area (Å²) in [5.74, 6) is 0.991. The minimum absolute atomic E-state index is 0.453. The Morgan fingerprint density at radius 3 is 2.67 bits per heavy atom. The topological polar surface area (TPSA) is 44.1 Å². The molecule has 0 N–H and O–H groups in total. The Bertz CT molecular complexity index is 590. The molecule has 2 rings (SSSR count). The van der Waals surface area contributed by atoms with E-state index in [1.807, 2.05) is 37.3 Å². The van der Waals surface area contributed by atoms with Gasteiger partial charge in [0.25, 0.3) is 0 Å². The zero-order chi connectivity index (χ0) is 15.2. The molecule has 0 aliphatic heterocycles. The molecule has 0 aliphatic carbocycles. The van der Waals surface area contributed by atoms with Crippen LogP contribution in [0.2, 0.25) is 0 Å². The molecule has 0 fully saturated rings. The third kappa shape index (κ3) is 3.51. The van der Waals surface area contributed by atoms with Gasteiger partial charge in [-0.2, -0.15) is 5.10 Å². The molecular formula is C17H22N2O2. The first-order valence-corrected chi connectivity index (χ1v) is 7.40. The van der Waals surface area contributed by atoms with Gasteiger partial charge in [-0.3, -0.25) is 4.79 Å². The van der Waals surface area contributed by atoms with Gasteiger partial charge in [0.15, 0.2) is 6.29 Å². The normalized spacial score (nSPS) is 12.1. The summed E-state index contributed by atoms with van der Waals surface area (Å²) in [5, 5.41) is 4.44. The van der Waals surface area contributed by atoms with Crippen LogP contribution in [0.25, 0.3) is 5.69 Å². The molecule has 1 aromatic heterocycles. The molecule has 1 heterocycles. The smallest absolute Gasteiger partial charge is 0.227 e. The van der Waals surface area contributed by atoms with E-state index in [0.717, 1.165) is 24.8 Å². The molecule has 0 radical (unpaired) electrons. The van der Waals surface area contributed by atoms with Crippen LogP contribution in [0.15, 0.2) is 30.3 Å². The molecule has 0 aliphatic rings. The summed E-state index contributed by atoms with van der Waals surface area (Å²) >= 11 is 0. The predicted octanol–water partition coefficient (Wildman–Crippen LogP) is 3.81. The molecule has 0 saturated heterocycles. The number of hydrogen-bond acceptors (Lipinski definition) is 3. The van der Waals surface area contributed by atoms with Crippen molar-refractivity contribution >= 4 is 6.29 Å². The molecule has 1 aromatic carbocycles. The number of ether oxygens (including phenoxy) is 1. The van der Waals surface area contributed by atoms with Gasteiger partial charge in [0.1, 0.15) is 0 Å². The Kier molecular flexibility index (Phi) is 5.14. The highest BCUT2D eigenvalue weighted by Gasteiger charge is 2.18. The highest BCUT2D eigenvalue weighted by molar-refractivity contribution is 5.80. The van der Waals surface area contributed by atoms with E-state index < -0.39 is 0 Å². The number of benzene rings is 1. The minimum atomic E-state index is 0.453. The van der Waals surface area contributed by atoms with E-state index in [2.05, 4.69) is 18.9 Å². The lowest BCUT2D eigenvalue weighted by Crippen LogP contribution is -2.12. The van der Waals surface area contributed by atoms with Crippen molar-refractivity contribution < 1.29 is 9.53 Å². The first-order chi connectivity index (χ1) is 10.2. The third-order valence-corrected chi connectivity index (χ3v) is 3.47. The molecular weight excluding hydrogens is 264 g/mol. The van der Waals surface area contributed by atoms with E-state index in [-0.39, 0.29) is 0 Å². The SMILES string of the molecule is CCCC(C)COc1c(C=O)c(C)nn1-c1ccccc1. The van der Waals surface area contributed by atoms with E-state index >= 15 is 0 Å². The van der Waals surface area contributed by atoms with Crippen LogP contribution >= 0.6 is 0 Å². The molecule has 4 heteroatoms. The number of carbonyl (C=O) groups excluding carboxylic acids is 1. The molecule has 0 bridgehead atoms. The van der Waals surface area contributed by atoms with Gasteiger partial charge in [-0.25, -0.2) is 4.68 Å². The van der Waals surface area contributed by atoms with Gasteiger partial charge in [0.05, 0.1) is 23.6 Å². The van der Waals surface area contributed by atoms with Gasteiger partial charge in [-0.1, -0.05) is 38.5 Å². The second-order valence-electron chi connectivity index (χ2n) is 5.37. The number of para-hydroxylation sites is 1. The van der Waals surface area contributed by atoms with Gasteiger partial charge in [-0.15, -0.1) is 0 Å². The fourth-order valence-electron chi connectivity index (χ4n) is 2.33. The quantitative estimate of drug-likeness (QED) is 0.727. The fraction of sp³-hybridized carbons (Fsp3) is 0.412. The van der Waals surface area contributed by atoms with Crippen molar-refractivity contribution in [2.24, 2.45) is 5.92 Å². The second-order valence-corrected chi connectivity index (χ2v) is 5.37. The van der Waals surface area contributed by atoms with Crippen molar-refractivity contribution in [2.45, 2.75) is 33.6 Å². The highest BCUT2D eigenvalue weighted by atomic mass is 16.5. The molecule has 0 saturated carbocycles. The molecule has 0 amide bonds. The van der Waals surface area contributed by atoms with Crippen molar-refractivity contribution in [3.8, 4) is 11.6 Å². The van der Waals surface area contributed by atoms with E-state index in [1.54, 1.807) is 4.68 Å². The standard InChI is InChI=1S/C17H22N2O2/c1-4-8-13(2)12-21-17-16(11-20)14(3)18-19(17)15-9-6-5-7-10-15/h5-7,9-11,13H,4,8,12H2,1-3H3. The highest BCUT2D eigenvalue weighted by Crippen LogP contribution is 2.25. The van der Waals surface area contributed by atoms with Crippen molar-refractivity contribution in [3.05, 3.63) is 41.6 Å². The summed E-state index contributed by atoms with van der Waals surface area (Å²) in [5.41, 5.74) is 2.11. The number of aldehydes is 1. The van der Waals surface area contributed by atoms with Crippen LogP contribution in [0.1, 0.15) is 42.7 Å². The summed E-state index contributed by atoms with van der Waals surface area (Å²) in [4.78, 5) is 11.3. The van der Waals surface area contributed by atoms with E-state index in [0.29, 0.717) is 29.7 Å². The van der Waals surface area contributed by atoms with Gasteiger partial charge in [-0.05, 0) is 31.4 Å². The van der Waals surface area contributed by atoms with Crippen molar-refractivity contribution in [1.82, 2.24) is 9.78 Å². The lowest BCUT2D eigenvalue weighted by atomic mass is 10.1. The van der Waals surface area contributed by atoms with E-state index in [1.165, 1.54) is 0 Å². The van der Waals surface area contributed by atoms with Gasteiger partial charge in [0, 0.05) is 0 Å². The number of hydrogen-bond donors (Lipinski definition) is 0. The molecule has 1 atom stereocenters. The van der Waals surface area contributed by atoms with E-state index in [4.69, 9.17) is 4.74 Å². The first-order valence-electron chi connectivity index (χ1n) is 7.40. The molecule has 21 heavy (non-hydrogen) atoms. The van der Waals surface area contributed by atoms with Crippen LogP contribution in [-0.4, -0.2) is 22.7 Å². The average molecular weight is 286 g/mol. The minimum Gasteiger partial charge on any atom is -0.477 e. The molecule has 0 spiro atoms. The third-order valence-electron chi connectivity index (χ3n) is 3.47. The lowest BCUT2D eigenvalue weighted by Gasteiger charge is -2.14. The van der Waals surface area contributed by atoms with Crippen molar-refractivity contribution in [3.63, 3.8) is 0 Å². The Morgan fingerprint density at radius 1 is 1.33 bits per heavy atom. The number of aromatic nitrogens is 2. The Morgan fingerprint density at radius 2 is 2.05 bits per heavy atom. The Hall–Kier alpha value is -2.10. The van der Waals surface area contributed by atoms with Crippen LogP contribution in [0.5, 0.6) is 5.88 Å². The zero-order valence-electron chi connectivity index (χ0n) is 12.9. The van der Waals surface area contributed by atoms with E-state index in [9.17, 15) is 4.79 Å². The Labute approximate surface area is 125 Å². The lowest BCUT2D eigenvalue weighted by molar-refractivity contribution is 0.111. The number of aryl methyl sites for hydroxylation is 1. The largest absolute Gasteiger partial charge is 0.477 e. The molecule has 2 aromatic rings. The summed E-state index contributed by atoms with van der Waals surface area (Å²) in [7, 11) is 0. The number of rotatable bonds is 7.